The molecule has 0 spiro atoms. The van der Waals surface area contributed by atoms with Gasteiger partial charge in [0.05, 0.1) is 31.5 Å². The molecule has 1 atom stereocenters. The maximum atomic E-state index is 9.59. The van der Waals surface area contributed by atoms with Gasteiger partial charge in [0.1, 0.15) is 0 Å². The summed E-state index contributed by atoms with van der Waals surface area (Å²) in [6, 6.07) is 0. The Labute approximate surface area is 106 Å². The average molecular weight is 247 g/mol. The Bertz CT molecular complexity index is 178. The van der Waals surface area contributed by atoms with Crippen LogP contribution in [0.3, 0.4) is 0 Å². The highest BCUT2D eigenvalue weighted by atomic mass is 16.5. The van der Waals surface area contributed by atoms with Crippen molar-refractivity contribution in [3.05, 3.63) is 0 Å². The van der Waals surface area contributed by atoms with Gasteiger partial charge in [0.15, 0.2) is 0 Å². The van der Waals surface area contributed by atoms with Crippen molar-refractivity contribution in [2.45, 2.75) is 46.3 Å². The zero-order valence-corrected chi connectivity index (χ0v) is 12.0. The Morgan fingerprint density at radius 3 is 2.29 bits per heavy atom. The zero-order chi connectivity index (χ0) is 13.3. The second-order valence-corrected chi connectivity index (χ2v) is 5.74. The molecule has 4 nitrogen and oxygen atoms in total. The predicted molar refractivity (Wildman–Crippen MR) is 70.2 cm³/mol. The first-order valence-electron chi connectivity index (χ1n) is 6.41. The minimum absolute atomic E-state index is 0.124. The minimum atomic E-state index is -0.441. The number of ether oxygens (including phenoxy) is 2. The van der Waals surface area contributed by atoms with E-state index >= 15 is 0 Å². The molecule has 0 fully saturated rings. The van der Waals surface area contributed by atoms with Crippen LogP contribution in [0.15, 0.2) is 0 Å². The maximum Gasteiger partial charge on any atom is 0.0897 e. The first-order valence-corrected chi connectivity index (χ1v) is 6.41. The highest BCUT2D eigenvalue weighted by molar-refractivity contribution is 4.60. The third kappa shape index (κ3) is 13.8. The molecule has 0 aliphatic heterocycles. The molecule has 1 unspecified atom stereocenters. The molecule has 0 saturated carbocycles. The summed E-state index contributed by atoms with van der Waals surface area (Å²) in [7, 11) is 0. The smallest absolute Gasteiger partial charge is 0.0897 e. The summed E-state index contributed by atoms with van der Waals surface area (Å²) in [6.45, 7) is 13.3. The van der Waals surface area contributed by atoms with Crippen LogP contribution in [0.5, 0.6) is 0 Å². The molecule has 0 saturated heterocycles. The number of aliphatic hydroxyl groups is 1. The Morgan fingerprint density at radius 1 is 1.12 bits per heavy atom. The summed E-state index contributed by atoms with van der Waals surface area (Å²) in [4.78, 5) is 0. The van der Waals surface area contributed by atoms with E-state index in [-0.39, 0.29) is 5.60 Å². The average Bonchev–Trinajstić information content (AvgIpc) is 2.14. The Morgan fingerprint density at radius 2 is 1.76 bits per heavy atom. The van der Waals surface area contributed by atoms with E-state index in [1.54, 1.807) is 0 Å². The van der Waals surface area contributed by atoms with Crippen molar-refractivity contribution in [2.24, 2.45) is 5.92 Å². The summed E-state index contributed by atoms with van der Waals surface area (Å²) < 4.78 is 10.8. The van der Waals surface area contributed by atoms with Crippen molar-refractivity contribution < 1.29 is 14.6 Å². The van der Waals surface area contributed by atoms with Gasteiger partial charge in [0, 0.05) is 6.54 Å². The third-order valence-electron chi connectivity index (χ3n) is 2.01. The predicted octanol–water partition coefficient (Wildman–Crippen LogP) is 1.42. The molecule has 0 aromatic heterocycles. The van der Waals surface area contributed by atoms with Gasteiger partial charge in [-0.25, -0.2) is 0 Å². The van der Waals surface area contributed by atoms with Crippen LogP contribution < -0.4 is 5.32 Å². The number of aliphatic hydroxyl groups excluding tert-OH is 1. The molecule has 0 aliphatic carbocycles. The van der Waals surface area contributed by atoms with E-state index in [9.17, 15) is 5.11 Å². The van der Waals surface area contributed by atoms with Crippen molar-refractivity contribution >= 4 is 0 Å². The largest absolute Gasteiger partial charge is 0.389 e. The molecule has 0 aliphatic rings. The van der Waals surface area contributed by atoms with Crippen LogP contribution >= 0.6 is 0 Å². The molecule has 104 valence electrons. The van der Waals surface area contributed by atoms with E-state index in [1.165, 1.54) is 0 Å². The topological polar surface area (TPSA) is 50.7 Å². The lowest BCUT2D eigenvalue weighted by Crippen LogP contribution is -2.33. The number of nitrogens with one attached hydrogen (secondary N) is 1. The van der Waals surface area contributed by atoms with Crippen LogP contribution in [-0.2, 0) is 9.47 Å². The van der Waals surface area contributed by atoms with Crippen LogP contribution in [0.1, 0.15) is 34.6 Å². The SMILES string of the molecule is CC(C)CNCC(O)COCCOC(C)(C)C. The lowest BCUT2D eigenvalue weighted by molar-refractivity contribution is -0.0470. The number of hydrogen-bond acceptors (Lipinski definition) is 4. The highest BCUT2D eigenvalue weighted by Gasteiger charge is 2.09. The molecule has 0 aromatic rings. The summed E-state index contributed by atoms with van der Waals surface area (Å²) in [5, 5.41) is 12.8. The standard InChI is InChI=1S/C13H29NO3/c1-11(2)8-14-9-12(15)10-16-6-7-17-13(3,4)5/h11-12,14-15H,6-10H2,1-5H3. The molecule has 0 aromatic carbocycles. The van der Waals surface area contributed by atoms with E-state index in [1.807, 2.05) is 20.8 Å². The molecule has 0 rings (SSSR count). The third-order valence-corrected chi connectivity index (χ3v) is 2.01. The molecular weight excluding hydrogens is 218 g/mol. The molecule has 0 heterocycles. The van der Waals surface area contributed by atoms with Crippen LogP contribution in [0.25, 0.3) is 0 Å². The van der Waals surface area contributed by atoms with Gasteiger partial charge in [-0.15, -0.1) is 0 Å². The molecule has 17 heavy (non-hydrogen) atoms. The fraction of sp³-hybridized carbons (Fsp3) is 1.00. The molecule has 0 bridgehead atoms. The summed E-state index contributed by atoms with van der Waals surface area (Å²) in [5.41, 5.74) is -0.124. The molecule has 0 amide bonds. The molecular formula is C13H29NO3. The quantitative estimate of drug-likeness (QED) is 0.605. The van der Waals surface area contributed by atoms with Crippen molar-refractivity contribution in [1.29, 1.82) is 0 Å². The van der Waals surface area contributed by atoms with E-state index < -0.39 is 6.10 Å². The Kier molecular flexibility index (Phi) is 8.78. The summed E-state index contributed by atoms with van der Waals surface area (Å²) in [6.07, 6.45) is -0.441. The highest BCUT2D eigenvalue weighted by Crippen LogP contribution is 2.05. The van der Waals surface area contributed by atoms with Gasteiger partial charge in [-0.3, -0.25) is 0 Å². The monoisotopic (exact) mass is 247 g/mol. The zero-order valence-electron chi connectivity index (χ0n) is 12.0. The fourth-order valence-corrected chi connectivity index (χ4v) is 1.22. The lowest BCUT2D eigenvalue weighted by Gasteiger charge is -2.19. The van der Waals surface area contributed by atoms with Gasteiger partial charge >= 0.3 is 0 Å². The fourth-order valence-electron chi connectivity index (χ4n) is 1.22. The van der Waals surface area contributed by atoms with E-state index in [0.29, 0.717) is 32.3 Å². The van der Waals surface area contributed by atoms with Crippen molar-refractivity contribution in [3.8, 4) is 0 Å². The Balaban J connectivity index is 3.30. The minimum Gasteiger partial charge on any atom is -0.389 e. The van der Waals surface area contributed by atoms with E-state index in [4.69, 9.17) is 9.47 Å². The normalized spacial score (nSPS) is 14.3. The van der Waals surface area contributed by atoms with Crippen LogP contribution in [0, 0.1) is 5.92 Å². The number of rotatable bonds is 9. The second-order valence-electron chi connectivity index (χ2n) is 5.74. The van der Waals surface area contributed by atoms with Gasteiger partial charge in [-0.05, 0) is 33.2 Å². The second kappa shape index (κ2) is 8.86. The van der Waals surface area contributed by atoms with Crippen LogP contribution in [0.2, 0.25) is 0 Å². The summed E-state index contributed by atoms with van der Waals surface area (Å²) in [5.74, 6) is 0.600. The first-order chi connectivity index (χ1) is 7.81. The number of hydrogen-bond donors (Lipinski definition) is 2. The van der Waals surface area contributed by atoms with Crippen LogP contribution in [0.4, 0.5) is 0 Å². The van der Waals surface area contributed by atoms with Gasteiger partial charge in [0.25, 0.3) is 0 Å². The van der Waals surface area contributed by atoms with Crippen molar-refractivity contribution in [2.75, 3.05) is 32.9 Å². The van der Waals surface area contributed by atoms with Gasteiger partial charge in [-0.2, -0.15) is 0 Å². The van der Waals surface area contributed by atoms with Crippen molar-refractivity contribution in [3.63, 3.8) is 0 Å². The Hall–Kier alpha value is -0.160. The summed E-state index contributed by atoms with van der Waals surface area (Å²) >= 11 is 0. The molecule has 0 radical (unpaired) electrons. The first kappa shape index (κ1) is 16.8. The van der Waals surface area contributed by atoms with Gasteiger partial charge < -0.3 is 19.9 Å². The van der Waals surface area contributed by atoms with Gasteiger partial charge in [0.2, 0.25) is 0 Å². The lowest BCUT2D eigenvalue weighted by atomic mass is 10.2. The van der Waals surface area contributed by atoms with Crippen molar-refractivity contribution in [1.82, 2.24) is 5.32 Å². The van der Waals surface area contributed by atoms with E-state index in [2.05, 4.69) is 19.2 Å². The maximum absolute atomic E-state index is 9.59. The molecule has 4 heteroatoms. The van der Waals surface area contributed by atoms with E-state index in [0.717, 1.165) is 6.54 Å². The van der Waals surface area contributed by atoms with Crippen LogP contribution in [-0.4, -0.2) is 49.7 Å². The molecule has 2 N–H and O–H groups in total. The van der Waals surface area contributed by atoms with Gasteiger partial charge in [-0.1, -0.05) is 13.8 Å².